The molecule has 15 nitrogen and oxygen atoms in total. The summed E-state index contributed by atoms with van der Waals surface area (Å²) in [5.74, 6) is 3.71. The van der Waals surface area contributed by atoms with E-state index in [0.29, 0.717) is 45.3 Å². The molecular weight excluding hydrogens is 909 g/mol. The molecule has 2 N–H and O–H groups in total. The van der Waals surface area contributed by atoms with E-state index in [2.05, 4.69) is 84.8 Å². The standard InChI is InChI=1S/C57H76N8O7/c1-14-41(48(58-15-2)37(6)71-13)50-43-32-55(7,8)35-72-53(69)44-21-18-27-65(60-44)52(68)45(30-38-19-17-20-39(29-38)40-22-23-46(42(43)31-40)63(50)16-3)59-51(67)49(36(4)5)64-28-26-57(54(64)70)33-62(34-57)47(66)24-25-56(9,10)61(11)12/h14-15,17,19-20,22-23,29,31,36-37,44-45,49,60H,1,16,18,21,26-28,30,32-35H2,2-13H3,(H,59,67)/b48-41+,58-15?/t37-,44-,45-,49-/m0/s1. The van der Waals surface area contributed by atoms with Crippen LogP contribution < -0.4 is 10.7 Å². The van der Waals surface area contributed by atoms with E-state index in [9.17, 15) is 24.0 Å². The molecule has 1 spiro atoms. The highest BCUT2D eigenvalue weighted by atomic mass is 16.5. The second-order valence-electron chi connectivity index (χ2n) is 21.9. The number of allylic oxidation sites excluding steroid dienone is 2. The summed E-state index contributed by atoms with van der Waals surface area (Å²) < 4.78 is 14.3. The van der Waals surface area contributed by atoms with Crippen LogP contribution in [0.15, 0.2) is 65.8 Å². The van der Waals surface area contributed by atoms with Crippen LogP contribution in [0.1, 0.15) is 98.4 Å². The van der Waals surface area contributed by atoms with Crippen LogP contribution in [0.5, 0.6) is 0 Å². The maximum absolute atomic E-state index is 14.8. The van der Waals surface area contributed by atoms with Crippen LogP contribution in [0, 0.1) is 28.6 Å². The first kappa shape index (κ1) is 53.7. The number of aliphatic imine (C=N–C) groups is 1. The molecule has 4 amide bonds. The Kier molecular flexibility index (Phi) is 16.1. The summed E-state index contributed by atoms with van der Waals surface area (Å²) in [6.07, 6.45) is 5.49. The number of nitrogens with one attached hydrogen (secondary N) is 2. The predicted molar refractivity (Wildman–Crippen MR) is 282 cm³/mol. The predicted octanol–water partition coefficient (Wildman–Crippen LogP) is 6.43. The lowest BCUT2D eigenvalue weighted by Crippen LogP contribution is -2.64. The van der Waals surface area contributed by atoms with E-state index < -0.39 is 52.3 Å². The van der Waals surface area contributed by atoms with Crippen LogP contribution in [0.3, 0.4) is 0 Å². The average Bonchev–Trinajstić information content (AvgIpc) is 3.83. The van der Waals surface area contributed by atoms with Crippen LogP contribution in [0.4, 0.5) is 0 Å². The third-order valence-electron chi connectivity index (χ3n) is 15.2. The number of ether oxygens (including phenoxy) is 2. The van der Waals surface area contributed by atoms with Crippen molar-refractivity contribution < 1.29 is 33.4 Å². The van der Waals surface area contributed by atoms with Crippen molar-refractivity contribution in [1.29, 1.82) is 0 Å². The second kappa shape index (κ2) is 21.6. The lowest BCUT2D eigenvalue weighted by Gasteiger charge is -2.46. The number of nitrogens with zero attached hydrogens (tertiary/aromatic N) is 6. The molecule has 3 aromatic rings. The van der Waals surface area contributed by atoms with E-state index in [0.717, 1.165) is 50.1 Å². The summed E-state index contributed by atoms with van der Waals surface area (Å²) >= 11 is 0. The molecule has 5 heterocycles. The third-order valence-corrected chi connectivity index (χ3v) is 15.2. The van der Waals surface area contributed by atoms with Gasteiger partial charge in [0.05, 0.1) is 35.1 Å². The number of benzene rings is 2. The first-order chi connectivity index (χ1) is 34.1. The van der Waals surface area contributed by atoms with Gasteiger partial charge in [0.25, 0.3) is 11.8 Å². The van der Waals surface area contributed by atoms with E-state index in [-0.39, 0.29) is 50.0 Å². The van der Waals surface area contributed by atoms with Crippen molar-refractivity contribution in [3.05, 3.63) is 77.6 Å². The second-order valence-corrected chi connectivity index (χ2v) is 21.9. The number of hydrogen-bond donors (Lipinski definition) is 2. The van der Waals surface area contributed by atoms with Gasteiger partial charge in [-0.15, -0.1) is 0 Å². The zero-order valence-corrected chi connectivity index (χ0v) is 44.6. The van der Waals surface area contributed by atoms with Crippen LogP contribution in [-0.2, 0) is 52.8 Å². The molecule has 72 heavy (non-hydrogen) atoms. The van der Waals surface area contributed by atoms with Gasteiger partial charge in [-0.1, -0.05) is 76.6 Å². The number of hydrogen-bond acceptors (Lipinski definition) is 10. The molecule has 3 fully saturated rings. The maximum atomic E-state index is 14.8. The molecule has 1 aromatic heterocycles. The van der Waals surface area contributed by atoms with Gasteiger partial charge in [0.2, 0.25) is 11.8 Å². The molecule has 3 saturated heterocycles. The van der Waals surface area contributed by atoms with Gasteiger partial charge in [-0.2, -0.15) is 0 Å². The molecule has 0 radical (unpaired) electrons. The highest BCUT2D eigenvalue weighted by Crippen LogP contribution is 2.43. The first-order valence-corrected chi connectivity index (χ1v) is 25.6. The molecule has 0 aliphatic carbocycles. The minimum atomic E-state index is -1.06. The van der Waals surface area contributed by atoms with Gasteiger partial charge < -0.3 is 29.2 Å². The number of likely N-dealkylation sites (tertiary alicyclic amines) is 2. The molecule has 4 aliphatic heterocycles. The summed E-state index contributed by atoms with van der Waals surface area (Å²) in [6.45, 7) is 24.0. The van der Waals surface area contributed by atoms with E-state index in [4.69, 9.17) is 14.5 Å². The van der Waals surface area contributed by atoms with Gasteiger partial charge in [-0.25, -0.2) is 5.43 Å². The van der Waals surface area contributed by atoms with Gasteiger partial charge >= 0.3 is 5.97 Å². The number of esters is 1. The Bertz CT molecular complexity index is 2730. The fraction of sp³-hybridized carbons (Fsp3) is 0.544. The molecule has 7 rings (SSSR count). The van der Waals surface area contributed by atoms with Crippen molar-refractivity contribution >= 4 is 52.3 Å². The van der Waals surface area contributed by atoms with Gasteiger partial charge in [-0.3, -0.25) is 38.9 Å². The van der Waals surface area contributed by atoms with Crippen LogP contribution in [-0.4, -0.2) is 144 Å². The van der Waals surface area contributed by atoms with Crippen molar-refractivity contribution in [2.75, 3.05) is 54.0 Å². The van der Waals surface area contributed by atoms with Crippen LogP contribution in [0.25, 0.3) is 27.6 Å². The number of rotatable bonds is 11. The summed E-state index contributed by atoms with van der Waals surface area (Å²) in [4.78, 5) is 81.1. The Morgan fingerprint density at radius 2 is 1.81 bits per heavy atom. The number of cyclic esters (lactones) is 1. The highest BCUT2D eigenvalue weighted by molar-refractivity contribution is 5.99. The number of carbonyl (C=O) groups is 5. The van der Waals surface area contributed by atoms with Crippen molar-refractivity contribution in [2.24, 2.45) is 21.7 Å². The quantitative estimate of drug-likeness (QED) is 0.0957. The van der Waals surface area contributed by atoms with Crippen molar-refractivity contribution in [1.82, 2.24) is 35.0 Å². The van der Waals surface area contributed by atoms with Gasteiger partial charge in [0.1, 0.15) is 18.1 Å². The number of aryl methyl sites for hydroxylation is 1. The monoisotopic (exact) mass is 985 g/mol. The van der Waals surface area contributed by atoms with Crippen molar-refractivity contribution in [3.8, 4) is 23.0 Å². The SMILES string of the molecule is C=C/C(=C(\N=CC)[C@H](C)OC)c1c2c3cc(ccc3n1CC)-c1cccc(c1)C[C@H](NC(=O)[C@H](C(C)C)N1CCC3(CN(C(=O)C#CC(C)(C)N(C)C)C3)C1=O)C(=O)N1CCC[C@H](N1)C(=O)OCC(C)(C)C2. The van der Waals surface area contributed by atoms with Crippen LogP contribution in [0.2, 0.25) is 0 Å². The largest absolute Gasteiger partial charge is 0.464 e. The molecule has 15 heteroatoms. The fourth-order valence-corrected chi connectivity index (χ4v) is 10.6. The van der Waals surface area contributed by atoms with Gasteiger partial charge in [-0.05, 0) is 121 Å². The number of fused-ring (bicyclic) bond motifs is 6. The molecule has 2 aromatic carbocycles. The Morgan fingerprint density at radius 1 is 1.08 bits per heavy atom. The fourth-order valence-electron chi connectivity index (χ4n) is 10.6. The molecule has 4 atom stereocenters. The van der Waals surface area contributed by atoms with Crippen LogP contribution >= 0.6 is 0 Å². The molecule has 4 aliphatic rings. The minimum Gasteiger partial charge on any atom is -0.464 e. The number of aromatic nitrogens is 1. The summed E-state index contributed by atoms with van der Waals surface area (Å²) in [6, 6.07) is 11.8. The van der Waals surface area contributed by atoms with Crippen molar-refractivity contribution in [2.45, 2.75) is 131 Å². The molecular formula is C57H76N8O7. The zero-order valence-electron chi connectivity index (χ0n) is 44.6. The number of amides is 4. The van der Waals surface area contributed by atoms with Gasteiger partial charge in [0.15, 0.2) is 0 Å². The van der Waals surface area contributed by atoms with E-state index in [1.807, 2.05) is 78.7 Å². The Morgan fingerprint density at radius 3 is 2.46 bits per heavy atom. The van der Waals surface area contributed by atoms with E-state index in [1.54, 1.807) is 23.1 Å². The molecule has 0 unspecified atom stereocenters. The lowest BCUT2D eigenvalue weighted by atomic mass is 9.78. The average molecular weight is 985 g/mol. The summed E-state index contributed by atoms with van der Waals surface area (Å²) in [7, 11) is 5.48. The normalized spacial score (nSPS) is 21.5. The summed E-state index contributed by atoms with van der Waals surface area (Å²) in [5, 5.41) is 5.60. The Balaban J connectivity index is 1.25. The maximum Gasteiger partial charge on any atom is 0.324 e. The Hall–Kier alpha value is -6.08. The number of carbonyl (C=O) groups excluding carboxylic acids is 5. The highest BCUT2D eigenvalue weighted by Gasteiger charge is 2.58. The third kappa shape index (κ3) is 10.8. The first-order valence-electron chi connectivity index (χ1n) is 25.6. The zero-order chi connectivity index (χ0) is 52.4. The number of methoxy groups -OCH3 is 1. The molecule has 6 bridgehead atoms. The van der Waals surface area contributed by atoms with Crippen molar-refractivity contribution in [3.63, 3.8) is 0 Å². The molecule has 0 saturated carbocycles. The smallest absolute Gasteiger partial charge is 0.324 e. The van der Waals surface area contributed by atoms with E-state index in [1.165, 1.54) is 5.01 Å². The molecule has 386 valence electrons. The van der Waals surface area contributed by atoms with E-state index >= 15 is 0 Å². The number of hydrazine groups is 1. The topological polar surface area (TPSA) is 158 Å². The summed E-state index contributed by atoms with van der Waals surface area (Å²) in [5.41, 5.74) is 8.76. The Labute approximate surface area is 426 Å². The lowest BCUT2D eigenvalue weighted by molar-refractivity contribution is -0.155. The minimum absolute atomic E-state index is 0.114. The van der Waals surface area contributed by atoms with Gasteiger partial charge in [0, 0.05) is 74.4 Å².